The Morgan fingerprint density at radius 2 is 1.72 bits per heavy atom. The molecule has 18 heavy (non-hydrogen) atoms. The molecule has 0 aromatic heterocycles. The van der Waals surface area contributed by atoms with E-state index in [-0.39, 0.29) is 10.8 Å². The topological polar surface area (TPSA) is 17.1 Å². The summed E-state index contributed by atoms with van der Waals surface area (Å²) in [7, 11) is 0. The van der Waals surface area contributed by atoms with Crippen LogP contribution < -0.4 is 0 Å². The van der Waals surface area contributed by atoms with E-state index in [1.54, 1.807) is 0 Å². The van der Waals surface area contributed by atoms with Crippen molar-refractivity contribution in [2.75, 3.05) is 0 Å². The number of rotatable bonds is 2. The van der Waals surface area contributed by atoms with Crippen molar-refractivity contribution in [3.8, 4) is 0 Å². The van der Waals surface area contributed by atoms with Crippen molar-refractivity contribution in [1.82, 2.24) is 0 Å². The second-order valence-corrected chi connectivity index (χ2v) is 6.79. The van der Waals surface area contributed by atoms with Crippen LogP contribution in [0.3, 0.4) is 0 Å². The molecule has 1 saturated carbocycles. The molecular formula is C17H24O. The Balaban J connectivity index is 2.56. The smallest absolute Gasteiger partial charge is 0.150 e. The third-order valence-corrected chi connectivity index (χ3v) is 4.68. The summed E-state index contributed by atoms with van der Waals surface area (Å²) in [6, 6.07) is 6.36. The summed E-state index contributed by atoms with van der Waals surface area (Å²) in [6.45, 7) is 9.09. The van der Waals surface area contributed by atoms with Gasteiger partial charge in [0.25, 0.3) is 0 Å². The average Bonchev–Trinajstić information content (AvgIpc) is 2.77. The van der Waals surface area contributed by atoms with Gasteiger partial charge in [-0.3, -0.25) is 4.79 Å². The Kier molecular flexibility index (Phi) is 3.35. The van der Waals surface area contributed by atoms with Gasteiger partial charge in [0.1, 0.15) is 6.29 Å². The van der Waals surface area contributed by atoms with Gasteiger partial charge in [0.2, 0.25) is 0 Å². The van der Waals surface area contributed by atoms with Gasteiger partial charge >= 0.3 is 0 Å². The van der Waals surface area contributed by atoms with Crippen molar-refractivity contribution < 1.29 is 4.79 Å². The standard InChI is InChI=1S/C17H24O/c1-13-9-14(12-18)11-15(10-13)17(16(2,3)4)7-5-6-8-17/h9-12H,5-8H2,1-4H3. The highest BCUT2D eigenvalue weighted by Crippen LogP contribution is 2.52. The quantitative estimate of drug-likeness (QED) is 0.691. The summed E-state index contributed by atoms with van der Waals surface area (Å²) in [6.07, 6.45) is 6.08. The normalized spacial score (nSPS) is 18.9. The van der Waals surface area contributed by atoms with E-state index >= 15 is 0 Å². The van der Waals surface area contributed by atoms with Crippen LogP contribution >= 0.6 is 0 Å². The monoisotopic (exact) mass is 244 g/mol. The first-order valence-electron chi connectivity index (χ1n) is 6.96. The van der Waals surface area contributed by atoms with Crippen LogP contribution in [0.1, 0.15) is 67.9 Å². The van der Waals surface area contributed by atoms with E-state index in [2.05, 4.69) is 39.8 Å². The molecule has 98 valence electrons. The van der Waals surface area contributed by atoms with Gasteiger partial charge < -0.3 is 0 Å². The molecule has 1 aromatic rings. The molecule has 0 amide bonds. The molecule has 1 nitrogen and oxygen atoms in total. The van der Waals surface area contributed by atoms with Gasteiger partial charge in [0.15, 0.2) is 0 Å². The molecule has 0 radical (unpaired) electrons. The molecule has 0 bridgehead atoms. The predicted octanol–water partition coefficient (Wildman–Crippen LogP) is 4.67. The highest BCUT2D eigenvalue weighted by Gasteiger charge is 2.45. The van der Waals surface area contributed by atoms with Crippen molar-refractivity contribution in [2.24, 2.45) is 5.41 Å². The second-order valence-electron chi connectivity index (χ2n) is 6.79. The lowest BCUT2D eigenvalue weighted by molar-refractivity contribution is 0.112. The molecule has 1 aliphatic carbocycles. The highest BCUT2D eigenvalue weighted by atomic mass is 16.1. The fourth-order valence-corrected chi connectivity index (χ4v) is 3.61. The van der Waals surface area contributed by atoms with Crippen LogP contribution in [0.2, 0.25) is 0 Å². The number of benzene rings is 1. The second kappa shape index (κ2) is 4.53. The maximum absolute atomic E-state index is 11.1. The van der Waals surface area contributed by atoms with E-state index in [4.69, 9.17) is 0 Å². The Labute approximate surface area is 111 Å². The Morgan fingerprint density at radius 3 is 2.22 bits per heavy atom. The van der Waals surface area contributed by atoms with Crippen molar-refractivity contribution in [3.63, 3.8) is 0 Å². The molecule has 0 atom stereocenters. The zero-order valence-electron chi connectivity index (χ0n) is 12.0. The Bertz CT molecular complexity index is 445. The molecular weight excluding hydrogens is 220 g/mol. The molecule has 0 heterocycles. The minimum atomic E-state index is 0.247. The van der Waals surface area contributed by atoms with Gasteiger partial charge in [-0.2, -0.15) is 0 Å². The molecule has 1 aliphatic rings. The number of aryl methyl sites for hydroxylation is 1. The van der Waals surface area contributed by atoms with Gasteiger partial charge in [-0.1, -0.05) is 45.2 Å². The number of hydrogen-bond acceptors (Lipinski definition) is 1. The Morgan fingerprint density at radius 1 is 1.11 bits per heavy atom. The van der Waals surface area contributed by atoms with Crippen LogP contribution in [0.25, 0.3) is 0 Å². The maximum Gasteiger partial charge on any atom is 0.150 e. The number of carbonyl (C=O) groups excluding carboxylic acids is 1. The SMILES string of the molecule is Cc1cc(C=O)cc(C2(C(C)(C)C)CCCC2)c1. The van der Waals surface area contributed by atoms with Crippen LogP contribution in [0, 0.1) is 12.3 Å². The van der Waals surface area contributed by atoms with Crippen LogP contribution in [-0.2, 0) is 5.41 Å². The van der Waals surface area contributed by atoms with Crippen LogP contribution in [0.5, 0.6) is 0 Å². The molecule has 0 aliphatic heterocycles. The molecule has 0 N–H and O–H groups in total. The summed E-state index contributed by atoms with van der Waals surface area (Å²) in [5.74, 6) is 0. The lowest BCUT2D eigenvalue weighted by Gasteiger charge is -2.43. The molecule has 1 aromatic carbocycles. The largest absolute Gasteiger partial charge is 0.298 e. The van der Waals surface area contributed by atoms with Crippen molar-refractivity contribution in [2.45, 2.75) is 58.8 Å². The van der Waals surface area contributed by atoms with E-state index in [1.165, 1.54) is 36.8 Å². The summed E-state index contributed by atoms with van der Waals surface area (Å²) in [5, 5.41) is 0. The Hall–Kier alpha value is -1.11. The third-order valence-electron chi connectivity index (χ3n) is 4.68. The van der Waals surface area contributed by atoms with Gasteiger partial charge in [-0.25, -0.2) is 0 Å². The van der Waals surface area contributed by atoms with E-state index in [0.717, 1.165) is 11.8 Å². The first-order chi connectivity index (χ1) is 8.39. The third kappa shape index (κ3) is 2.11. The molecule has 1 fully saturated rings. The van der Waals surface area contributed by atoms with E-state index in [1.807, 2.05) is 6.07 Å². The molecule has 2 rings (SSSR count). The van der Waals surface area contributed by atoms with Crippen LogP contribution in [0.15, 0.2) is 18.2 Å². The zero-order chi connectivity index (χ0) is 13.4. The summed E-state index contributed by atoms with van der Waals surface area (Å²) >= 11 is 0. The summed E-state index contributed by atoms with van der Waals surface area (Å²) in [5.41, 5.74) is 3.88. The van der Waals surface area contributed by atoms with Gasteiger partial charge in [0.05, 0.1) is 0 Å². The minimum absolute atomic E-state index is 0.247. The maximum atomic E-state index is 11.1. The van der Waals surface area contributed by atoms with Gasteiger partial charge in [0, 0.05) is 11.0 Å². The molecule has 0 spiro atoms. The minimum Gasteiger partial charge on any atom is -0.298 e. The average molecular weight is 244 g/mol. The highest BCUT2D eigenvalue weighted by molar-refractivity contribution is 5.75. The lowest BCUT2D eigenvalue weighted by Crippen LogP contribution is -2.37. The molecule has 0 saturated heterocycles. The fourth-order valence-electron chi connectivity index (χ4n) is 3.61. The van der Waals surface area contributed by atoms with Gasteiger partial charge in [-0.05, 0) is 42.9 Å². The van der Waals surface area contributed by atoms with Crippen molar-refractivity contribution >= 4 is 6.29 Å². The first-order valence-corrected chi connectivity index (χ1v) is 6.96. The predicted molar refractivity (Wildman–Crippen MR) is 76.2 cm³/mol. The van der Waals surface area contributed by atoms with E-state index < -0.39 is 0 Å². The van der Waals surface area contributed by atoms with Gasteiger partial charge in [-0.15, -0.1) is 0 Å². The molecule has 1 heteroatoms. The number of aldehydes is 1. The number of carbonyl (C=O) groups is 1. The summed E-state index contributed by atoms with van der Waals surface area (Å²) in [4.78, 5) is 11.1. The van der Waals surface area contributed by atoms with Crippen molar-refractivity contribution in [3.05, 3.63) is 34.9 Å². The lowest BCUT2D eigenvalue weighted by atomic mass is 9.61. The van der Waals surface area contributed by atoms with Crippen LogP contribution in [-0.4, -0.2) is 6.29 Å². The first kappa shape index (κ1) is 13.3. The van der Waals surface area contributed by atoms with E-state index in [0.29, 0.717) is 0 Å². The van der Waals surface area contributed by atoms with E-state index in [9.17, 15) is 4.79 Å². The zero-order valence-corrected chi connectivity index (χ0v) is 12.0. The number of hydrogen-bond donors (Lipinski definition) is 0. The fraction of sp³-hybridized carbons (Fsp3) is 0.588. The summed E-state index contributed by atoms with van der Waals surface area (Å²) < 4.78 is 0. The molecule has 0 unspecified atom stereocenters. The van der Waals surface area contributed by atoms with Crippen LogP contribution in [0.4, 0.5) is 0 Å². The van der Waals surface area contributed by atoms with Crippen molar-refractivity contribution in [1.29, 1.82) is 0 Å².